The summed E-state index contributed by atoms with van der Waals surface area (Å²) in [5.41, 5.74) is -0.0414. The molecule has 182 valence electrons. The molecule has 7 nitrogen and oxygen atoms in total. The van der Waals surface area contributed by atoms with Crippen molar-refractivity contribution in [3.63, 3.8) is 0 Å². The minimum atomic E-state index is -3.00. The lowest BCUT2D eigenvalue weighted by Gasteiger charge is -2.32. The van der Waals surface area contributed by atoms with E-state index in [0.29, 0.717) is 18.4 Å². The van der Waals surface area contributed by atoms with Crippen LogP contribution in [0.1, 0.15) is 47.2 Å². The van der Waals surface area contributed by atoms with Gasteiger partial charge >= 0.3 is 5.97 Å². The van der Waals surface area contributed by atoms with Gasteiger partial charge in [-0.1, -0.05) is 6.92 Å². The fourth-order valence-corrected chi connectivity index (χ4v) is 5.99. The Morgan fingerprint density at radius 2 is 2.12 bits per heavy atom. The predicted octanol–water partition coefficient (Wildman–Crippen LogP) is 3.98. The summed E-state index contributed by atoms with van der Waals surface area (Å²) < 4.78 is 60.7. The van der Waals surface area contributed by atoms with Gasteiger partial charge in [0.25, 0.3) is 0 Å². The summed E-state index contributed by atoms with van der Waals surface area (Å²) in [5, 5.41) is 9.99. The molecular weight excluding hydrogens is 466 g/mol. The number of carboxylic acid groups (broad SMARTS) is 1. The Kier molecular flexibility index (Phi) is 6.07. The second-order valence-corrected chi connectivity index (χ2v) is 10.0. The number of halogens is 2. The molecule has 2 aromatic carbocycles. The lowest BCUT2D eigenvalue weighted by atomic mass is 9.96. The largest absolute Gasteiger partial charge is 0.755 e. The summed E-state index contributed by atoms with van der Waals surface area (Å²) in [7, 11) is 0. The Balaban J connectivity index is 1.62. The van der Waals surface area contributed by atoms with E-state index < -0.39 is 34.4 Å². The van der Waals surface area contributed by atoms with Crippen LogP contribution in [0.25, 0.3) is 0 Å². The zero-order valence-electron chi connectivity index (χ0n) is 18.6. The van der Waals surface area contributed by atoms with E-state index in [1.165, 1.54) is 12.1 Å². The molecule has 0 aromatic heterocycles. The van der Waals surface area contributed by atoms with Crippen LogP contribution in [0.15, 0.2) is 24.3 Å². The number of ether oxygens (including phenoxy) is 1. The molecule has 0 bridgehead atoms. The predicted molar refractivity (Wildman–Crippen MR) is 121 cm³/mol. The summed E-state index contributed by atoms with van der Waals surface area (Å²) in [6.07, 6.45) is 2.00. The van der Waals surface area contributed by atoms with Crippen LogP contribution < -0.4 is 9.04 Å². The molecule has 0 spiro atoms. The SMILES string of the molecule is CCN1CC[C@@H](Cc2cc(F)ccc2N(c2cc(F)c3c(c2C(=O)O)OCC2CC32)S(=O)[O-])C1. The van der Waals surface area contributed by atoms with Crippen LogP contribution in [-0.2, 0) is 17.7 Å². The number of fused-ring (bicyclic) bond motifs is 3. The van der Waals surface area contributed by atoms with Gasteiger partial charge in [0.05, 0.1) is 29.2 Å². The van der Waals surface area contributed by atoms with Crippen molar-refractivity contribution in [2.45, 2.75) is 32.1 Å². The van der Waals surface area contributed by atoms with Crippen LogP contribution in [0.2, 0.25) is 0 Å². The first-order valence-corrected chi connectivity index (χ1v) is 12.4. The average molecular weight is 492 g/mol. The maximum Gasteiger partial charge on any atom is 0.341 e. The van der Waals surface area contributed by atoms with Gasteiger partial charge < -0.3 is 19.3 Å². The third kappa shape index (κ3) is 4.08. The van der Waals surface area contributed by atoms with Gasteiger partial charge in [-0.25, -0.2) is 13.6 Å². The number of aromatic carboxylic acids is 1. The molecule has 34 heavy (non-hydrogen) atoms. The van der Waals surface area contributed by atoms with Gasteiger partial charge in [-0.3, -0.25) is 8.51 Å². The highest BCUT2D eigenvalue weighted by Crippen LogP contribution is 2.57. The Morgan fingerprint density at radius 3 is 2.79 bits per heavy atom. The molecule has 1 N–H and O–H groups in total. The van der Waals surface area contributed by atoms with Crippen LogP contribution in [0.4, 0.5) is 20.2 Å². The first kappa shape index (κ1) is 23.2. The minimum absolute atomic E-state index is 0.103. The van der Waals surface area contributed by atoms with Crippen molar-refractivity contribution >= 4 is 28.6 Å². The van der Waals surface area contributed by atoms with E-state index in [0.717, 1.165) is 42.5 Å². The fourth-order valence-electron chi connectivity index (χ4n) is 5.35. The molecule has 2 aromatic rings. The number of carbonyl (C=O) groups is 1. The number of likely N-dealkylation sites (tertiary alicyclic amines) is 1. The molecule has 0 amide bonds. The summed E-state index contributed by atoms with van der Waals surface area (Å²) in [6, 6.07) is 4.63. The Bertz CT molecular complexity index is 1180. The quantitative estimate of drug-likeness (QED) is 0.589. The Morgan fingerprint density at radius 1 is 1.32 bits per heavy atom. The lowest BCUT2D eigenvalue weighted by molar-refractivity contribution is 0.0692. The van der Waals surface area contributed by atoms with E-state index in [2.05, 4.69) is 11.8 Å². The summed E-state index contributed by atoms with van der Waals surface area (Å²) in [5.74, 6) is -2.54. The van der Waals surface area contributed by atoms with Crippen LogP contribution in [-0.4, -0.2) is 51.0 Å². The highest BCUT2D eigenvalue weighted by molar-refractivity contribution is 7.81. The number of hydrogen-bond donors (Lipinski definition) is 1. The van der Waals surface area contributed by atoms with Crippen molar-refractivity contribution in [1.29, 1.82) is 0 Å². The average Bonchev–Trinajstić information content (AvgIpc) is 3.44. The van der Waals surface area contributed by atoms with E-state index >= 15 is 4.39 Å². The molecule has 2 heterocycles. The van der Waals surface area contributed by atoms with Gasteiger partial charge in [-0.15, -0.1) is 0 Å². The highest BCUT2D eigenvalue weighted by Gasteiger charge is 2.48. The summed E-state index contributed by atoms with van der Waals surface area (Å²) >= 11 is -3.00. The number of hydrogen-bond acceptors (Lipinski definition) is 5. The number of anilines is 2. The molecule has 2 fully saturated rings. The normalized spacial score (nSPS) is 24.2. The van der Waals surface area contributed by atoms with Crippen molar-refractivity contribution in [1.82, 2.24) is 4.90 Å². The van der Waals surface area contributed by atoms with Crippen molar-refractivity contribution < 1.29 is 32.2 Å². The smallest absolute Gasteiger partial charge is 0.341 e. The van der Waals surface area contributed by atoms with E-state index in [1.807, 2.05) is 0 Å². The second kappa shape index (κ2) is 8.90. The Hall–Kier alpha value is -2.56. The summed E-state index contributed by atoms with van der Waals surface area (Å²) in [4.78, 5) is 14.5. The third-order valence-corrected chi connectivity index (χ3v) is 7.84. The van der Waals surface area contributed by atoms with E-state index in [4.69, 9.17) is 4.74 Å². The standard InChI is InChI=1S/C24H26F2N2O5S/c1-2-27-6-5-13(11-27)7-14-8-16(25)3-4-19(14)28(34(31)32)20-10-18(26)21-17-9-15(17)12-33-23(21)22(20)24(29)30/h3-4,8,10,13,15,17H,2,5-7,9,11-12H2,1H3,(H,29,30)(H,31,32)/p-1/t13-,15?,17?/m0/s1. The fraction of sp³-hybridized carbons (Fsp3) is 0.458. The van der Waals surface area contributed by atoms with Gasteiger partial charge in [-0.05, 0) is 74.0 Å². The molecular formula is C24H25F2N2O5S-. The van der Waals surface area contributed by atoms with Crippen LogP contribution in [0.3, 0.4) is 0 Å². The molecule has 2 aliphatic heterocycles. The van der Waals surface area contributed by atoms with E-state index in [9.17, 15) is 23.1 Å². The molecule has 10 heteroatoms. The van der Waals surface area contributed by atoms with Crippen molar-refractivity contribution in [2.24, 2.45) is 11.8 Å². The van der Waals surface area contributed by atoms with Gasteiger partial charge in [0.15, 0.2) is 0 Å². The van der Waals surface area contributed by atoms with Crippen molar-refractivity contribution in [3.05, 3.63) is 52.6 Å². The second-order valence-electron chi connectivity index (χ2n) is 9.25. The topological polar surface area (TPSA) is 93.1 Å². The zero-order valence-corrected chi connectivity index (χ0v) is 19.4. The first-order valence-electron chi connectivity index (χ1n) is 11.4. The van der Waals surface area contributed by atoms with Gasteiger partial charge in [0, 0.05) is 18.0 Å². The maximum atomic E-state index is 15.2. The maximum absolute atomic E-state index is 15.2. The molecule has 4 atom stereocenters. The van der Waals surface area contributed by atoms with E-state index in [-0.39, 0.29) is 47.0 Å². The minimum Gasteiger partial charge on any atom is -0.755 e. The molecule has 0 radical (unpaired) electrons. The van der Waals surface area contributed by atoms with Crippen LogP contribution >= 0.6 is 0 Å². The molecule has 1 saturated heterocycles. The highest BCUT2D eigenvalue weighted by atomic mass is 32.2. The third-order valence-electron chi connectivity index (χ3n) is 7.15. The molecule has 5 rings (SSSR count). The number of nitrogens with zero attached hydrogens (tertiary/aromatic N) is 2. The van der Waals surface area contributed by atoms with Crippen molar-refractivity contribution in [3.8, 4) is 5.75 Å². The summed E-state index contributed by atoms with van der Waals surface area (Å²) in [6.45, 7) is 4.92. The van der Waals surface area contributed by atoms with Gasteiger partial charge in [0.1, 0.15) is 22.9 Å². The number of carboxylic acids is 1. The zero-order chi connectivity index (χ0) is 24.1. The first-order chi connectivity index (χ1) is 16.3. The number of rotatable bonds is 7. The van der Waals surface area contributed by atoms with Crippen LogP contribution in [0, 0.1) is 23.5 Å². The monoisotopic (exact) mass is 491 g/mol. The lowest BCUT2D eigenvalue weighted by Crippen LogP contribution is -2.26. The van der Waals surface area contributed by atoms with Crippen LogP contribution in [0.5, 0.6) is 5.75 Å². The van der Waals surface area contributed by atoms with Crippen molar-refractivity contribution in [2.75, 3.05) is 30.5 Å². The molecule has 1 saturated carbocycles. The Labute approximate surface area is 198 Å². The van der Waals surface area contributed by atoms with Gasteiger partial charge in [-0.2, -0.15) is 0 Å². The molecule has 1 aliphatic carbocycles. The van der Waals surface area contributed by atoms with Gasteiger partial charge in [0.2, 0.25) is 0 Å². The van der Waals surface area contributed by atoms with E-state index in [1.54, 1.807) is 0 Å². The number of benzene rings is 2. The molecule has 3 aliphatic rings. The molecule has 3 unspecified atom stereocenters.